The van der Waals surface area contributed by atoms with Crippen LogP contribution < -0.4 is 5.32 Å². The zero-order chi connectivity index (χ0) is 13.8. The lowest BCUT2D eigenvalue weighted by Gasteiger charge is -2.35. The van der Waals surface area contributed by atoms with Crippen LogP contribution in [0.5, 0.6) is 0 Å². The molecule has 108 valence electrons. The summed E-state index contributed by atoms with van der Waals surface area (Å²) >= 11 is 0. The molecule has 5 heteroatoms. The predicted octanol–water partition coefficient (Wildman–Crippen LogP) is 3.04. The summed E-state index contributed by atoms with van der Waals surface area (Å²) in [5, 5.41) is 3.26. The van der Waals surface area contributed by atoms with E-state index in [1.54, 1.807) is 4.90 Å². The van der Waals surface area contributed by atoms with Crippen molar-refractivity contribution in [3.63, 3.8) is 0 Å². The third kappa shape index (κ3) is 5.57. The van der Waals surface area contributed by atoms with E-state index in [0.717, 1.165) is 25.8 Å². The van der Waals surface area contributed by atoms with Gasteiger partial charge in [-0.3, -0.25) is 4.90 Å². The number of alkyl halides is 3. The SMILES string of the molecule is CCCNCC(C(C)C)N(CC(F)(F)F)C1CC1. The highest BCUT2D eigenvalue weighted by Gasteiger charge is 2.41. The summed E-state index contributed by atoms with van der Waals surface area (Å²) in [5.74, 6) is 0.234. The Morgan fingerprint density at radius 2 is 1.89 bits per heavy atom. The molecule has 2 nitrogen and oxygen atoms in total. The van der Waals surface area contributed by atoms with Gasteiger partial charge in [0, 0.05) is 18.6 Å². The van der Waals surface area contributed by atoms with Crippen molar-refractivity contribution >= 4 is 0 Å². The quantitative estimate of drug-likeness (QED) is 0.679. The van der Waals surface area contributed by atoms with Gasteiger partial charge in [-0.1, -0.05) is 20.8 Å². The molecule has 0 saturated heterocycles. The van der Waals surface area contributed by atoms with Crippen LogP contribution in [-0.4, -0.2) is 42.8 Å². The maximum absolute atomic E-state index is 12.6. The highest BCUT2D eigenvalue weighted by Crippen LogP contribution is 2.33. The van der Waals surface area contributed by atoms with Crippen LogP contribution in [0, 0.1) is 5.92 Å². The van der Waals surface area contributed by atoms with Crippen LogP contribution in [0.3, 0.4) is 0 Å². The van der Waals surface area contributed by atoms with E-state index < -0.39 is 12.7 Å². The second-order valence-corrected chi connectivity index (χ2v) is 5.53. The summed E-state index contributed by atoms with van der Waals surface area (Å²) in [6, 6.07) is 0.119. The van der Waals surface area contributed by atoms with Crippen molar-refractivity contribution in [2.24, 2.45) is 5.92 Å². The molecule has 0 aliphatic heterocycles. The smallest absolute Gasteiger partial charge is 0.315 e. The molecule has 0 radical (unpaired) electrons. The number of halogens is 3. The Kier molecular flexibility index (Phi) is 5.92. The Hall–Kier alpha value is -0.290. The second kappa shape index (κ2) is 6.75. The van der Waals surface area contributed by atoms with E-state index in [1.165, 1.54) is 0 Å². The second-order valence-electron chi connectivity index (χ2n) is 5.53. The van der Waals surface area contributed by atoms with Crippen molar-refractivity contribution < 1.29 is 13.2 Å². The topological polar surface area (TPSA) is 15.3 Å². The van der Waals surface area contributed by atoms with Crippen LogP contribution in [0.1, 0.15) is 40.0 Å². The average Bonchev–Trinajstić information content (AvgIpc) is 3.03. The molecule has 0 heterocycles. The number of nitrogens with zero attached hydrogens (tertiary/aromatic N) is 1. The first-order valence-electron chi connectivity index (χ1n) is 6.88. The average molecular weight is 266 g/mol. The molecule has 1 unspecified atom stereocenters. The summed E-state index contributed by atoms with van der Waals surface area (Å²) in [7, 11) is 0. The molecule has 1 aliphatic carbocycles. The first-order chi connectivity index (χ1) is 8.35. The van der Waals surface area contributed by atoms with Crippen LogP contribution in [0.25, 0.3) is 0 Å². The molecular weight excluding hydrogens is 241 g/mol. The molecule has 0 amide bonds. The van der Waals surface area contributed by atoms with Gasteiger partial charge in [0.1, 0.15) is 0 Å². The molecule has 0 aromatic carbocycles. The molecule has 0 spiro atoms. The maximum atomic E-state index is 12.6. The molecule has 1 N–H and O–H groups in total. The molecular formula is C13H25F3N2. The summed E-state index contributed by atoms with van der Waals surface area (Å²) in [6.45, 7) is 6.82. The fraction of sp³-hybridized carbons (Fsp3) is 1.00. The van der Waals surface area contributed by atoms with Gasteiger partial charge in [-0.05, 0) is 31.7 Å². The number of rotatable bonds is 8. The molecule has 0 aromatic rings. The van der Waals surface area contributed by atoms with E-state index in [1.807, 2.05) is 13.8 Å². The molecule has 1 atom stereocenters. The van der Waals surface area contributed by atoms with Gasteiger partial charge in [0.25, 0.3) is 0 Å². The van der Waals surface area contributed by atoms with Crippen molar-refractivity contribution in [3.8, 4) is 0 Å². The van der Waals surface area contributed by atoms with Gasteiger partial charge in [0.2, 0.25) is 0 Å². The molecule has 1 rings (SSSR count). The minimum absolute atomic E-state index is 0.0225. The number of hydrogen-bond donors (Lipinski definition) is 1. The fourth-order valence-electron chi connectivity index (χ4n) is 2.29. The van der Waals surface area contributed by atoms with E-state index in [0.29, 0.717) is 6.54 Å². The highest BCUT2D eigenvalue weighted by atomic mass is 19.4. The third-order valence-electron chi connectivity index (χ3n) is 3.35. The Bertz CT molecular complexity index is 237. The maximum Gasteiger partial charge on any atom is 0.401 e. The Balaban J connectivity index is 2.59. The monoisotopic (exact) mass is 266 g/mol. The third-order valence-corrected chi connectivity index (χ3v) is 3.35. The van der Waals surface area contributed by atoms with Crippen molar-refractivity contribution in [1.82, 2.24) is 10.2 Å². The van der Waals surface area contributed by atoms with E-state index in [9.17, 15) is 13.2 Å². The Labute approximate surface area is 108 Å². The normalized spacial score (nSPS) is 18.7. The highest BCUT2D eigenvalue weighted by molar-refractivity contribution is 4.91. The standard InChI is InChI=1S/C13H25F3N2/c1-4-7-17-8-12(10(2)3)18(11-5-6-11)9-13(14,15)16/h10-12,17H,4-9H2,1-3H3. The van der Waals surface area contributed by atoms with E-state index in [4.69, 9.17) is 0 Å². The summed E-state index contributed by atoms with van der Waals surface area (Å²) in [5.41, 5.74) is 0. The Morgan fingerprint density at radius 3 is 2.28 bits per heavy atom. The van der Waals surface area contributed by atoms with Gasteiger partial charge in [0.15, 0.2) is 0 Å². The van der Waals surface area contributed by atoms with Crippen LogP contribution in [0.2, 0.25) is 0 Å². The molecule has 0 bridgehead atoms. The zero-order valence-corrected chi connectivity index (χ0v) is 11.6. The van der Waals surface area contributed by atoms with Crippen molar-refractivity contribution in [3.05, 3.63) is 0 Å². The lowest BCUT2D eigenvalue weighted by molar-refractivity contribution is -0.154. The van der Waals surface area contributed by atoms with Crippen molar-refractivity contribution in [2.75, 3.05) is 19.6 Å². The molecule has 1 aliphatic rings. The zero-order valence-electron chi connectivity index (χ0n) is 11.6. The van der Waals surface area contributed by atoms with Crippen molar-refractivity contribution in [2.45, 2.75) is 58.3 Å². The van der Waals surface area contributed by atoms with Gasteiger partial charge in [-0.25, -0.2) is 0 Å². The molecule has 1 saturated carbocycles. The first-order valence-corrected chi connectivity index (χ1v) is 6.88. The minimum Gasteiger partial charge on any atom is -0.315 e. The fourth-order valence-corrected chi connectivity index (χ4v) is 2.29. The first kappa shape index (κ1) is 15.8. The van der Waals surface area contributed by atoms with Gasteiger partial charge in [-0.15, -0.1) is 0 Å². The molecule has 1 fully saturated rings. The van der Waals surface area contributed by atoms with Crippen LogP contribution in [0.4, 0.5) is 13.2 Å². The van der Waals surface area contributed by atoms with Crippen molar-refractivity contribution in [1.29, 1.82) is 0 Å². The van der Waals surface area contributed by atoms with Crippen LogP contribution in [0.15, 0.2) is 0 Å². The lowest BCUT2D eigenvalue weighted by atomic mass is 10.0. The molecule has 18 heavy (non-hydrogen) atoms. The number of nitrogens with one attached hydrogen (secondary N) is 1. The summed E-state index contributed by atoms with van der Waals surface area (Å²) in [6.07, 6.45) is -1.27. The van der Waals surface area contributed by atoms with E-state index in [-0.39, 0.29) is 18.0 Å². The van der Waals surface area contributed by atoms with E-state index in [2.05, 4.69) is 12.2 Å². The minimum atomic E-state index is -4.10. The Morgan fingerprint density at radius 1 is 1.28 bits per heavy atom. The van der Waals surface area contributed by atoms with Gasteiger partial charge < -0.3 is 5.32 Å². The summed E-state index contributed by atoms with van der Waals surface area (Å²) in [4.78, 5) is 1.66. The van der Waals surface area contributed by atoms with E-state index >= 15 is 0 Å². The largest absolute Gasteiger partial charge is 0.401 e. The predicted molar refractivity (Wildman–Crippen MR) is 67.6 cm³/mol. The van der Waals surface area contributed by atoms with Gasteiger partial charge in [-0.2, -0.15) is 13.2 Å². The van der Waals surface area contributed by atoms with Gasteiger partial charge in [0.05, 0.1) is 6.54 Å². The summed E-state index contributed by atoms with van der Waals surface area (Å²) < 4.78 is 37.9. The lowest BCUT2D eigenvalue weighted by Crippen LogP contribution is -2.50. The van der Waals surface area contributed by atoms with Crippen LogP contribution >= 0.6 is 0 Å². The molecule has 0 aromatic heterocycles. The van der Waals surface area contributed by atoms with Crippen LogP contribution in [-0.2, 0) is 0 Å². The van der Waals surface area contributed by atoms with Gasteiger partial charge >= 0.3 is 6.18 Å². The number of hydrogen-bond acceptors (Lipinski definition) is 2.